The molecule has 0 spiro atoms. The van der Waals surface area contributed by atoms with Crippen LogP contribution in [0.3, 0.4) is 0 Å². The van der Waals surface area contributed by atoms with E-state index in [1.165, 1.54) is 13.8 Å². The Bertz CT molecular complexity index is 661. The van der Waals surface area contributed by atoms with Gasteiger partial charge in [0.2, 0.25) is 0 Å². The zero-order valence-corrected chi connectivity index (χ0v) is 13.9. The normalized spacial score (nSPS) is 28.7. The van der Waals surface area contributed by atoms with Crippen LogP contribution in [-0.2, 0) is 23.8 Å². The Morgan fingerprint density at radius 1 is 1.16 bits per heavy atom. The lowest BCUT2D eigenvalue weighted by Crippen LogP contribution is -2.57. The summed E-state index contributed by atoms with van der Waals surface area (Å²) in [6.07, 6.45) is -0.411. The van der Waals surface area contributed by atoms with Crippen LogP contribution >= 0.6 is 0 Å². The lowest BCUT2D eigenvalue weighted by molar-refractivity contribution is -0.242. The number of hydrogen-bond acceptors (Lipinski definition) is 7. The number of ether oxygens (including phenoxy) is 3. The number of esters is 2. The summed E-state index contributed by atoms with van der Waals surface area (Å²) in [5.74, 6) is 1.29. The van der Waals surface area contributed by atoms with Gasteiger partial charge in [-0.25, -0.2) is 0 Å². The molecule has 1 heterocycles. The number of benzene rings is 1. The molecule has 2 N–H and O–H groups in total. The SMILES string of the molecule is C#Cc1ccc([C@H]2O[C@H](COC(C)=O)[C@@H](OC(C)=O)[C@H](O)[C@@H]2O)cc1. The summed E-state index contributed by atoms with van der Waals surface area (Å²) < 4.78 is 15.7. The minimum Gasteiger partial charge on any atom is -0.463 e. The van der Waals surface area contributed by atoms with Crippen molar-refractivity contribution in [3.8, 4) is 12.3 Å². The van der Waals surface area contributed by atoms with Crippen molar-refractivity contribution < 1.29 is 34.0 Å². The largest absolute Gasteiger partial charge is 0.463 e. The molecule has 0 aromatic heterocycles. The second-order valence-electron chi connectivity index (χ2n) is 5.72. The highest BCUT2D eigenvalue weighted by Gasteiger charge is 2.47. The van der Waals surface area contributed by atoms with Crippen LogP contribution in [0.5, 0.6) is 0 Å². The Labute approximate surface area is 145 Å². The van der Waals surface area contributed by atoms with Gasteiger partial charge in [0.15, 0.2) is 6.10 Å². The van der Waals surface area contributed by atoms with Crippen molar-refractivity contribution in [2.75, 3.05) is 6.61 Å². The predicted molar refractivity (Wildman–Crippen MR) is 86.2 cm³/mol. The van der Waals surface area contributed by atoms with Crippen molar-refractivity contribution in [2.45, 2.75) is 44.4 Å². The molecule has 0 amide bonds. The van der Waals surface area contributed by atoms with E-state index in [9.17, 15) is 19.8 Å². The zero-order valence-electron chi connectivity index (χ0n) is 13.9. The molecule has 25 heavy (non-hydrogen) atoms. The molecular weight excluding hydrogens is 328 g/mol. The summed E-state index contributed by atoms with van der Waals surface area (Å²) in [5.41, 5.74) is 1.24. The highest BCUT2D eigenvalue weighted by molar-refractivity contribution is 5.66. The number of terminal acetylenes is 1. The molecule has 134 valence electrons. The third kappa shape index (κ3) is 4.57. The topological polar surface area (TPSA) is 102 Å². The van der Waals surface area contributed by atoms with E-state index in [-0.39, 0.29) is 6.61 Å². The van der Waals surface area contributed by atoms with Gasteiger partial charge in [0.05, 0.1) is 0 Å². The van der Waals surface area contributed by atoms with Crippen LogP contribution in [0.4, 0.5) is 0 Å². The molecular formula is C18H20O7. The molecule has 0 saturated carbocycles. The molecule has 0 radical (unpaired) electrons. The van der Waals surface area contributed by atoms with Gasteiger partial charge in [-0.1, -0.05) is 18.1 Å². The number of carbonyl (C=O) groups is 2. The van der Waals surface area contributed by atoms with E-state index in [0.717, 1.165) is 0 Å². The smallest absolute Gasteiger partial charge is 0.303 e. The molecule has 0 aliphatic carbocycles. The molecule has 5 atom stereocenters. The van der Waals surface area contributed by atoms with E-state index in [0.29, 0.717) is 11.1 Å². The van der Waals surface area contributed by atoms with E-state index in [1.807, 2.05) is 0 Å². The molecule has 0 unspecified atom stereocenters. The lowest BCUT2D eigenvalue weighted by Gasteiger charge is -2.42. The Kier molecular flexibility index (Phi) is 6.15. The highest BCUT2D eigenvalue weighted by Crippen LogP contribution is 2.34. The molecule has 1 saturated heterocycles. The second-order valence-corrected chi connectivity index (χ2v) is 5.72. The third-order valence-electron chi connectivity index (χ3n) is 3.84. The Hall–Kier alpha value is -2.40. The number of rotatable bonds is 4. The summed E-state index contributed by atoms with van der Waals surface area (Å²) >= 11 is 0. The fraction of sp³-hybridized carbons (Fsp3) is 0.444. The van der Waals surface area contributed by atoms with Crippen LogP contribution in [0.25, 0.3) is 0 Å². The van der Waals surface area contributed by atoms with Crippen molar-refractivity contribution in [1.82, 2.24) is 0 Å². The Balaban J connectivity index is 2.25. The van der Waals surface area contributed by atoms with E-state index < -0.39 is 42.5 Å². The highest BCUT2D eigenvalue weighted by atomic mass is 16.6. The first-order chi connectivity index (χ1) is 11.8. The van der Waals surface area contributed by atoms with Gasteiger partial charge in [0, 0.05) is 19.4 Å². The molecule has 1 aromatic carbocycles. The van der Waals surface area contributed by atoms with Crippen molar-refractivity contribution in [1.29, 1.82) is 0 Å². The van der Waals surface area contributed by atoms with E-state index in [1.54, 1.807) is 24.3 Å². The van der Waals surface area contributed by atoms with Crippen LogP contribution in [0.1, 0.15) is 31.1 Å². The molecule has 1 fully saturated rings. The number of carbonyl (C=O) groups excluding carboxylic acids is 2. The van der Waals surface area contributed by atoms with Crippen molar-refractivity contribution in [3.63, 3.8) is 0 Å². The van der Waals surface area contributed by atoms with Crippen LogP contribution < -0.4 is 0 Å². The zero-order chi connectivity index (χ0) is 18.6. The maximum Gasteiger partial charge on any atom is 0.303 e. The van der Waals surface area contributed by atoms with Gasteiger partial charge in [-0.2, -0.15) is 0 Å². The van der Waals surface area contributed by atoms with Crippen LogP contribution in [0, 0.1) is 12.3 Å². The fourth-order valence-corrected chi connectivity index (χ4v) is 2.66. The van der Waals surface area contributed by atoms with Gasteiger partial charge in [0.25, 0.3) is 0 Å². The van der Waals surface area contributed by atoms with Gasteiger partial charge >= 0.3 is 11.9 Å². The summed E-state index contributed by atoms with van der Waals surface area (Å²) in [5, 5.41) is 20.8. The maximum atomic E-state index is 11.3. The van der Waals surface area contributed by atoms with Gasteiger partial charge in [0.1, 0.15) is 31.0 Å². The number of aliphatic hydroxyl groups excluding tert-OH is 2. The number of aliphatic hydroxyl groups is 2. The average Bonchev–Trinajstić information content (AvgIpc) is 2.58. The summed E-state index contributed by atoms with van der Waals surface area (Å²) in [6.45, 7) is 2.17. The van der Waals surface area contributed by atoms with Gasteiger partial charge in [-0.3, -0.25) is 9.59 Å². The molecule has 0 bridgehead atoms. The maximum absolute atomic E-state index is 11.3. The van der Waals surface area contributed by atoms with Gasteiger partial charge < -0.3 is 24.4 Å². The first-order valence-corrected chi connectivity index (χ1v) is 7.72. The van der Waals surface area contributed by atoms with E-state index in [4.69, 9.17) is 20.6 Å². The standard InChI is InChI=1S/C18H20O7/c1-4-12-5-7-13(8-6-12)17-15(21)16(22)18(24-11(3)20)14(25-17)9-23-10(2)19/h1,5-8,14-18,21-22H,9H2,2-3H3/t14-,15+,16-,17-,18-/m1/s1. The minimum atomic E-state index is -1.41. The van der Waals surface area contributed by atoms with Crippen LogP contribution in [0.2, 0.25) is 0 Å². The molecule has 1 aromatic rings. The van der Waals surface area contributed by atoms with Crippen LogP contribution in [-0.4, -0.2) is 53.2 Å². The molecule has 7 nitrogen and oxygen atoms in total. The monoisotopic (exact) mass is 348 g/mol. The predicted octanol–water partition coefficient (Wildman–Crippen LogP) is 0.324. The van der Waals surface area contributed by atoms with Crippen molar-refractivity contribution in [2.24, 2.45) is 0 Å². The average molecular weight is 348 g/mol. The molecule has 1 aliphatic rings. The third-order valence-corrected chi connectivity index (χ3v) is 3.84. The number of hydrogen-bond donors (Lipinski definition) is 2. The summed E-state index contributed by atoms with van der Waals surface area (Å²) in [6, 6.07) is 6.70. The molecule has 2 rings (SSSR count). The Morgan fingerprint density at radius 3 is 2.32 bits per heavy atom. The Morgan fingerprint density at radius 2 is 1.80 bits per heavy atom. The summed E-state index contributed by atoms with van der Waals surface area (Å²) in [4.78, 5) is 22.3. The lowest BCUT2D eigenvalue weighted by atomic mass is 9.91. The van der Waals surface area contributed by atoms with Crippen molar-refractivity contribution in [3.05, 3.63) is 35.4 Å². The first-order valence-electron chi connectivity index (χ1n) is 7.72. The van der Waals surface area contributed by atoms with Crippen LogP contribution in [0.15, 0.2) is 24.3 Å². The quantitative estimate of drug-likeness (QED) is 0.597. The molecule has 7 heteroatoms. The molecule has 1 aliphatic heterocycles. The minimum absolute atomic E-state index is 0.226. The van der Waals surface area contributed by atoms with E-state index in [2.05, 4.69) is 5.92 Å². The first kappa shape index (κ1) is 18.9. The van der Waals surface area contributed by atoms with Gasteiger partial charge in [-0.15, -0.1) is 6.42 Å². The van der Waals surface area contributed by atoms with E-state index >= 15 is 0 Å². The second kappa shape index (κ2) is 8.12. The summed E-state index contributed by atoms with van der Waals surface area (Å²) in [7, 11) is 0. The van der Waals surface area contributed by atoms with Crippen molar-refractivity contribution >= 4 is 11.9 Å². The fourth-order valence-electron chi connectivity index (χ4n) is 2.66. The van der Waals surface area contributed by atoms with Gasteiger partial charge in [-0.05, 0) is 17.7 Å².